The van der Waals surface area contributed by atoms with Crippen molar-refractivity contribution >= 4 is 11.6 Å². The van der Waals surface area contributed by atoms with E-state index in [1.165, 1.54) is 11.1 Å². The molecule has 2 heteroatoms. The summed E-state index contributed by atoms with van der Waals surface area (Å²) >= 11 is 5.61. The summed E-state index contributed by atoms with van der Waals surface area (Å²) < 4.78 is 5.43. The third-order valence-corrected chi connectivity index (χ3v) is 2.58. The van der Waals surface area contributed by atoms with Crippen molar-refractivity contribution in [3.05, 3.63) is 29.3 Å². The topological polar surface area (TPSA) is 9.23 Å². The summed E-state index contributed by atoms with van der Waals surface area (Å²) in [7, 11) is 0. The first-order valence-electron chi connectivity index (χ1n) is 5.31. The van der Waals surface area contributed by atoms with Crippen molar-refractivity contribution in [2.45, 2.75) is 39.5 Å². The molecule has 0 spiro atoms. The van der Waals surface area contributed by atoms with Crippen LogP contribution in [0.15, 0.2) is 18.2 Å². The van der Waals surface area contributed by atoms with E-state index in [2.05, 4.69) is 39.8 Å². The highest BCUT2D eigenvalue weighted by atomic mass is 35.5. The fraction of sp³-hybridized carbons (Fsp3) is 0.538. The number of aryl methyl sites for hydroxylation is 1. The number of hydrogen-bond donors (Lipinski definition) is 0. The highest BCUT2D eigenvalue weighted by Crippen LogP contribution is 2.32. The first-order chi connectivity index (χ1) is 6.99. The molecule has 84 valence electrons. The minimum atomic E-state index is 0.0899. The van der Waals surface area contributed by atoms with E-state index < -0.39 is 0 Å². The quantitative estimate of drug-likeness (QED) is 0.705. The number of rotatable bonds is 3. The van der Waals surface area contributed by atoms with Gasteiger partial charge in [0, 0.05) is 0 Å². The van der Waals surface area contributed by atoms with Crippen LogP contribution in [0.3, 0.4) is 0 Å². The molecule has 0 bridgehead atoms. The molecule has 0 aliphatic carbocycles. The van der Waals surface area contributed by atoms with Crippen molar-refractivity contribution in [3.8, 4) is 5.75 Å². The molecule has 0 heterocycles. The van der Waals surface area contributed by atoms with Crippen molar-refractivity contribution in [1.29, 1.82) is 0 Å². The van der Waals surface area contributed by atoms with Crippen LogP contribution in [0.1, 0.15) is 38.8 Å². The Kier molecular flexibility index (Phi) is 4.04. The molecule has 15 heavy (non-hydrogen) atoms. The van der Waals surface area contributed by atoms with Gasteiger partial charge in [-0.1, -0.05) is 51.4 Å². The molecule has 1 aromatic rings. The van der Waals surface area contributed by atoms with Crippen LogP contribution in [0.5, 0.6) is 5.75 Å². The van der Waals surface area contributed by atoms with Crippen LogP contribution in [0.2, 0.25) is 0 Å². The van der Waals surface area contributed by atoms with Gasteiger partial charge in [0.25, 0.3) is 0 Å². The fourth-order valence-corrected chi connectivity index (χ4v) is 1.69. The van der Waals surface area contributed by atoms with Crippen molar-refractivity contribution < 1.29 is 4.74 Å². The lowest BCUT2D eigenvalue weighted by Gasteiger charge is -2.23. The molecule has 0 aliphatic rings. The molecule has 0 aliphatic heterocycles. The number of alkyl halides is 1. The van der Waals surface area contributed by atoms with Gasteiger partial charge in [-0.25, -0.2) is 0 Å². The summed E-state index contributed by atoms with van der Waals surface area (Å²) in [6.07, 6.45) is 1.05. The minimum absolute atomic E-state index is 0.0899. The van der Waals surface area contributed by atoms with Gasteiger partial charge in [-0.05, 0) is 29.0 Å². The lowest BCUT2D eigenvalue weighted by molar-refractivity contribution is 0.373. The number of hydrogen-bond acceptors (Lipinski definition) is 1. The number of ether oxygens (including phenoxy) is 1. The summed E-state index contributed by atoms with van der Waals surface area (Å²) in [6.45, 7) is 8.71. The fourth-order valence-electron chi connectivity index (χ4n) is 1.57. The molecule has 1 rings (SSSR count). The molecule has 1 aromatic carbocycles. The van der Waals surface area contributed by atoms with Crippen molar-refractivity contribution in [1.82, 2.24) is 0 Å². The van der Waals surface area contributed by atoms with E-state index in [9.17, 15) is 0 Å². The summed E-state index contributed by atoms with van der Waals surface area (Å²) in [4.78, 5) is 0. The first-order valence-corrected chi connectivity index (χ1v) is 5.84. The summed E-state index contributed by atoms with van der Waals surface area (Å²) in [6, 6.07) is 6.52. The van der Waals surface area contributed by atoms with Gasteiger partial charge in [0.2, 0.25) is 0 Å². The highest BCUT2D eigenvalue weighted by Gasteiger charge is 2.19. The molecule has 0 fully saturated rings. The second-order valence-corrected chi connectivity index (χ2v) is 4.91. The van der Waals surface area contributed by atoms with E-state index in [4.69, 9.17) is 16.3 Å². The Morgan fingerprint density at radius 1 is 1.27 bits per heavy atom. The Hall–Kier alpha value is -0.690. The maximum Gasteiger partial charge on any atom is 0.162 e. The molecule has 1 nitrogen and oxygen atoms in total. The van der Waals surface area contributed by atoms with Gasteiger partial charge in [-0.15, -0.1) is 0 Å². The van der Waals surface area contributed by atoms with Crippen LogP contribution in [-0.2, 0) is 11.8 Å². The zero-order valence-electron chi connectivity index (χ0n) is 9.93. The predicted octanol–water partition coefficient (Wildman–Crippen LogP) is 4.12. The summed E-state index contributed by atoms with van der Waals surface area (Å²) in [5, 5.41) is 0. The van der Waals surface area contributed by atoms with E-state index >= 15 is 0 Å². The largest absolute Gasteiger partial charge is 0.478 e. The Morgan fingerprint density at radius 3 is 2.40 bits per heavy atom. The monoisotopic (exact) mass is 226 g/mol. The molecule has 0 unspecified atom stereocenters. The maximum absolute atomic E-state index is 5.61. The van der Waals surface area contributed by atoms with Gasteiger partial charge in [0.15, 0.2) is 6.07 Å². The Balaban J connectivity index is 3.16. The molecule has 0 atom stereocenters. The predicted molar refractivity (Wildman–Crippen MR) is 65.9 cm³/mol. The molecule has 0 amide bonds. The molecule has 0 radical (unpaired) electrons. The standard InChI is InChI=1S/C13H19ClO/c1-5-10-6-7-12(15-9-14)11(8-10)13(2,3)4/h6-8H,5,9H2,1-4H3. The Morgan fingerprint density at radius 2 is 1.93 bits per heavy atom. The van der Waals surface area contributed by atoms with Crippen molar-refractivity contribution in [2.75, 3.05) is 6.07 Å². The van der Waals surface area contributed by atoms with Crippen molar-refractivity contribution in [3.63, 3.8) is 0 Å². The summed E-state index contributed by atoms with van der Waals surface area (Å²) in [5.74, 6) is 0.898. The van der Waals surface area contributed by atoms with Crippen molar-refractivity contribution in [2.24, 2.45) is 0 Å². The summed E-state index contributed by atoms with van der Waals surface area (Å²) in [5.41, 5.74) is 2.65. The minimum Gasteiger partial charge on any atom is -0.478 e. The van der Waals surface area contributed by atoms with Crippen LogP contribution in [-0.4, -0.2) is 6.07 Å². The van der Waals surface area contributed by atoms with Gasteiger partial charge in [0.05, 0.1) is 0 Å². The zero-order valence-corrected chi connectivity index (χ0v) is 10.7. The normalized spacial score (nSPS) is 11.5. The van der Waals surface area contributed by atoms with E-state index in [1.54, 1.807) is 0 Å². The van der Waals surface area contributed by atoms with E-state index in [1.807, 2.05) is 6.07 Å². The van der Waals surface area contributed by atoms with E-state index in [0.717, 1.165) is 12.2 Å². The average molecular weight is 227 g/mol. The van der Waals surface area contributed by atoms with Gasteiger partial charge in [0.1, 0.15) is 5.75 Å². The molecule has 0 saturated heterocycles. The third kappa shape index (κ3) is 3.13. The van der Waals surface area contributed by atoms with Gasteiger partial charge in [-0.3, -0.25) is 0 Å². The first kappa shape index (κ1) is 12.4. The molecule has 0 saturated carbocycles. The molecule has 0 aromatic heterocycles. The van der Waals surface area contributed by atoms with Crippen LogP contribution < -0.4 is 4.74 Å². The highest BCUT2D eigenvalue weighted by molar-refractivity contribution is 6.17. The Labute approximate surface area is 97.4 Å². The van der Waals surface area contributed by atoms with Crippen LogP contribution in [0.25, 0.3) is 0 Å². The van der Waals surface area contributed by atoms with Gasteiger partial charge >= 0.3 is 0 Å². The van der Waals surface area contributed by atoms with Crippen LogP contribution in [0.4, 0.5) is 0 Å². The van der Waals surface area contributed by atoms with Crippen LogP contribution in [0, 0.1) is 0 Å². The third-order valence-electron chi connectivity index (χ3n) is 2.47. The molecular formula is C13H19ClO. The average Bonchev–Trinajstić information content (AvgIpc) is 2.17. The molecule has 0 N–H and O–H groups in total. The van der Waals surface area contributed by atoms with E-state index in [-0.39, 0.29) is 11.5 Å². The second-order valence-electron chi connectivity index (χ2n) is 4.69. The van der Waals surface area contributed by atoms with Gasteiger partial charge in [-0.2, -0.15) is 0 Å². The lowest BCUT2D eigenvalue weighted by Crippen LogP contribution is -2.13. The second kappa shape index (κ2) is 4.89. The SMILES string of the molecule is CCc1ccc(OCCl)c(C(C)(C)C)c1. The van der Waals surface area contributed by atoms with E-state index in [0.29, 0.717) is 0 Å². The van der Waals surface area contributed by atoms with Gasteiger partial charge < -0.3 is 4.74 Å². The zero-order chi connectivity index (χ0) is 11.5. The lowest BCUT2D eigenvalue weighted by atomic mass is 9.85. The van der Waals surface area contributed by atoms with Crippen LogP contribution >= 0.6 is 11.6 Å². The number of halogens is 1. The Bertz CT molecular complexity index is 326. The molecular weight excluding hydrogens is 208 g/mol. The number of benzene rings is 1. The maximum atomic E-state index is 5.61. The smallest absolute Gasteiger partial charge is 0.162 e.